The maximum absolute atomic E-state index is 8.84. The fraction of sp³-hybridized carbons (Fsp3) is 0.938. The summed E-state index contributed by atoms with van der Waals surface area (Å²) in [7, 11) is 0. The molecule has 0 aromatic rings. The molecule has 0 spiro atoms. The van der Waals surface area contributed by atoms with Gasteiger partial charge in [-0.3, -0.25) is 0 Å². The summed E-state index contributed by atoms with van der Waals surface area (Å²) in [4.78, 5) is 2.55. The normalized spacial score (nSPS) is 17.8. The Bertz CT molecular complexity index is 224. The molecule has 0 bridgehead atoms. The van der Waals surface area contributed by atoms with Gasteiger partial charge in [0.1, 0.15) is 0 Å². The van der Waals surface area contributed by atoms with Gasteiger partial charge >= 0.3 is 0 Å². The summed E-state index contributed by atoms with van der Waals surface area (Å²) < 4.78 is 0. The van der Waals surface area contributed by atoms with Crippen LogP contribution in [0.4, 0.5) is 0 Å². The average Bonchev–Trinajstić information content (AvgIpc) is 2.42. The first-order valence-electron chi connectivity index (χ1n) is 7.98. The van der Waals surface area contributed by atoms with E-state index in [1.54, 1.807) is 0 Å². The summed E-state index contributed by atoms with van der Waals surface area (Å²) in [5, 5.41) is 8.84. The number of nitriles is 1. The Hall–Kier alpha value is -0.550. The molecule has 2 nitrogen and oxygen atoms in total. The minimum atomic E-state index is 0.333. The Labute approximate surface area is 113 Å². The van der Waals surface area contributed by atoms with Crippen LogP contribution < -0.4 is 0 Å². The van der Waals surface area contributed by atoms with Crippen LogP contribution in [0.3, 0.4) is 0 Å². The lowest BCUT2D eigenvalue weighted by Crippen LogP contribution is -2.33. The lowest BCUT2D eigenvalue weighted by Gasteiger charge is -2.28. The van der Waals surface area contributed by atoms with Crippen molar-refractivity contribution in [3.05, 3.63) is 0 Å². The van der Waals surface area contributed by atoms with E-state index in [4.69, 9.17) is 5.26 Å². The van der Waals surface area contributed by atoms with Gasteiger partial charge in [-0.25, -0.2) is 0 Å². The Kier molecular flexibility index (Phi) is 8.94. The minimum absolute atomic E-state index is 0.333. The minimum Gasteiger partial charge on any atom is -0.303 e. The van der Waals surface area contributed by atoms with Gasteiger partial charge < -0.3 is 4.90 Å². The van der Waals surface area contributed by atoms with Crippen molar-refractivity contribution in [2.24, 2.45) is 5.92 Å². The van der Waals surface area contributed by atoms with E-state index in [9.17, 15) is 0 Å². The maximum atomic E-state index is 8.84. The van der Waals surface area contributed by atoms with Crippen LogP contribution in [0.25, 0.3) is 0 Å². The van der Waals surface area contributed by atoms with E-state index in [0.29, 0.717) is 5.92 Å². The highest BCUT2D eigenvalue weighted by Gasteiger charge is 2.17. The van der Waals surface area contributed by atoms with Crippen LogP contribution in [-0.4, -0.2) is 24.5 Å². The number of hydrogen-bond donors (Lipinski definition) is 0. The van der Waals surface area contributed by atoms with Crippen molar-refractivity contribution < 1.29 is 0 Å². The highest BCUT2D eigenvalue weighted by atomic mass is 15.1. The quantitative estimate of drug-likeness (QED) is 0.568. The van der Waals surface area contributed by atoms with Crippen molar-refractivity contribution in [1.82, 2.24) is 4.90 Å². The van der Waals surface area contributed by atoms with Crippen molar-refractivity contribution >= 4 is 0 Å². The molecular formula is C16H30N2. The zero-order valence-electron chi connectivity index (χ0n) is 12.2. The van der Waals surface area contributed by atoms with E-state index >= 15 is 0 Å². The second kappa shape index (κ2) is 10.4. The summed E-state index contributed by atoms with van der Waals surface area (Å²) in [6, 6.07) is 2.40. The van der Waals surface area contributed by atoms with Crippen molar-refractivity contribution in [3.8, 4) is 6.07 Å². The van der Waals surface area contributed by atoms with Gasteiger partial charge in [0.25, 0.3) is 0 Å². The third kappa shape index (κ3) is 7.01. The Morgan fingerprint density at radius 2 is 1.50 bits per heavy atom. The molecule has 104 valence electrons. The highest BCUT2D eigenvalue weighted by molar-refractivity contribution is 4.87. The molecule has 0 aliphatic carbocycles. The molecule has 0 atom stereocenters. The van der Waals surface area contributed by atoms with Crippen LogP contribution in [-0.2, 0) is 0 Å². The third-order valence-electron chi connectivity index (χ3n) is 4.10. The smallest absolute Gasteiger partial charge is 0.0656 e. The van der Waals surface area contributed by atoms with Crippen LogP contribution >= 0.6 is 0 Å². The Morgan fingerprint density at radius 3 is 2.06 bits per heavy atom. The second-order valence-corrected chi connectivity index (χ2v) is 5.72. The van der Waals surface area contributed by atoms with Gasteiger partial charge in [-0.15, -0.1) is 0 Å². The van der Waals surface area contributed by atoms with Gasteiger partial charge in [-0.05, 0) is 38.9 Å². The van der Waals surface area contributed by atoms with Gasteiger partial charge in [0.05, 0.1) is 6.07 Å². The van der Waals surface area contributed by atoms with E-state index in [1.165, 1.54) is 57.9 Å². The lowest BCUT2D eigenvalue weighted by molar-refractivity contribution is 0.202. The Morgan fingerprint density at radius 1 is 0.944 bits per heavy atom. The first-order chi connectivity index (χ1) is 8.86. The fourth-order valence-corrected chi connectivity index (χ4v) is 2.75. The molecule has 0 radical (unpaired) electrons. The summed E-state index contributed by atoms with van der Waals surface area (Å²) in [6.45, 7) is 5.83. The topological polar surface area (TPSA) is 27.0 Å². The predicted octanol–water partition coefficient (Wildman–Crippen LogP) is 4.36. The number of hydrogen-bond acceptors (Lipinski definition) is 2. The molecule has 0 aromatic carbocycles. The largest absolute Gasteiger partial charge is 0.303 e. The fourth-order valence-electron chi connectivity index (χ4n) is 2.75. The summed E-state index contributed by atoms with van der Waals surface area (Å²) in [6.07, 6.45) is 13.4. The monoisotopic (exact) mass is 250 g/mol. The number of likely N-dealkylation sites (tertiary alicyclic amines) is 1. The van der Waals surface area contributed by atoms with Crippen molar-refractivity contribution in [2.75, 3.05) is 19.6 Å². The van der Waals surface area contributed by atoms with E-state index in [0.717, 1.165) is 25.9 Å². The molecule has 1 aliphatic rings. The number of nitrogens with zero attached hydrogens (tertiary/aromatic N) is 2. The highest BCUT2D eigenvalue weighted by Crippen LogP contribution is 2.16. The van der Waals surface area contributed by atoms with E-state index in [2.05, 4.69) is 17.9 Å². The molecule has 0 unspecified atom stereocenters. The zero-order chi connectivity index (χ0) is 13.1. The van der Waals surface area contributed by atoms with Crippen LogP contribution in [0.15, 0.2) is 0 Å². The molecular weight excluding hydrogens is 220 g/mol. The SMILES string of the molecule is CCCCCCCCCCN1CCC(C#N)CC1. The molecule has 1 heterocycles. The molecule has 0 N–H and O–H groups in total. The van der Waals surface area contributed by atoms with Crippen LogP contribution in [0, 0.1) is 17.2 Å². The van der Waals surface area contributed by atoms with Crippen LogP contribution in [0.5, 0.6) is 0 Å². The van der Waals surface area contributed by atoms with Gasteiger partial charge in [-0.2, -0.15) is 5.26 Å². The van der Waals surface area contributed by atoms with Gasteiger partial charge in [0, 0.05) is 5.92 Å². The number of unbranched alkanes of at least 4 members (excludes halogenated alkanes) is 7. The van der Waals surface area contributed by atoms with E-state index in [1.807, 2.05) is 0 Å². The average molecular weight is 250 g/mol. The standard InChI is InChI=1S/C16H30N2/c1-2-3-4-5-6-7-8-9-12-18-13-10-16(15-17)11-14-18/h16H,2-14H2,1H3. The zero-order valence-corrected chi connectivity index (χ0v) is 12.2. The van der Waals surface area contributed by atoms with Crippen molar-refractivity contribution in [1.29, 1.82) is 5.26 Å². The first-order valence-corrected chi connectivity index (χ1v) is 7.98. The first kappa shape index (κ1) is 15.5. The number of rotatable bonds is 9. The summed E-state index contributed by atoms with van der Waals surface area (Å²) in [5.74, 6) is 0.333. The van der Waals surface area contributed by atoms with Gasteiger partial charge in [0.2, 0.25) is 0 Å². The summed E-state index contributed by atoms with van der Waals surface area (Å²) in [5.41, 5.74) is 0. The molecule has 0 saturated carbocycles. The number of piperidine rings is 1. The molecule has 1 fully saturated rings. The van der Waals surface area contributed by atoms with Gasteiger partial charge in [-0.1, -0.05) is 51.9 Å². The molecule has 1 aliphatic heterocycles. The van der Waals surface area contributed by atoms with E-state index < -0.39 is 0 Å². The second-order valence-electron chi connectivity index (χ2n) is 5.72. The van der Waals surface area contributed by atoms with Crippen molar-refractivity contribution in [2.45, 2.75) is 71.1 Å². The lowest BCUT2D eigenvalue weighted by atomic mass is 9.98. The van der Waals surface area contributed by atoms with Gasteiger partial charge in [0.15, 0.2) is 0 Å². The van der Waals surface area contributed by atoms with Crippen LogP contribution in [0.1, 0.15) is 71.1 Å². The molecule has 0 amide bonds. The molecule has 2 heteroatoms. The molecule has 1 rings (SSSR count). The van der Waals surface area contributed by atoms with E-state index in [-0.39, 0.29) is 0 Å². The Balaban J connectivity index is 1.85. The van der Waals surface area contributed by atoms with Crippen LogP contribution in [0.2, 0.25) is 0 Å². The summed E-state index contributed by atoms with van der Waals surface area (Å²) >= 11 is 0. The van der Waals surface area contributed by atoms with Crippen molar-refractivity contribution in [3.63, 3.8) is 0 Å². The third-order valence-corrected chi connectivity index (χ3v) is 4.10. The molecule has 18 heavy (non-hydrogen) atoms. The maximum Gasteiger partial charge on any atom is 0.0656 e. The molecule has 1 saturated heterocycles. The predicted molar refractivity (Wildman–Crippen MR) is 77.4 cm³/mol. The molecule has 0 aromatic heterocycles.